The smallest absolute Gasteiger partial charge is 0.339 e. The topological polar surface area (TPSA) is 91.2 Å². The molecule has 0 bridgehead atoms. The second kappa shape index (κ2) is 6.62. The minimum atomic E-state index is -3.94. The van der Waals surface area contributed by atoms with Crippen molar-refractivity contribution >= 4 is 16.0 Å². The molecule has 0 amide bonds. The molecule has 1 aliphatic rings. The Morgan fingerprint density at radius 2 is 1.89 bits per heavy atom. The van der Waals surface area contributed by atoms with E-state index >= 15 is 0 Å². The van der Waals surface area contributed by atoms with Crippen molar-refractivity contribution in [3.8, 4) is 11.3 Å². The molecule has 0 N–H and O–H groups in total. The summed E-state index contributed by atoms with van der Waals surface area (Å²) in [4.78, 5) is 20.3. The van der Waals surface area contributed by atoms with Gasteiger partial charge in [-0.3, -0.25) is 9.97 Å². The van der Waals surface area contributed by atoms with Crippen LogP contribution in [0.2, 0.25) is 0 Å². The lowest BCUT2D eigenvalue weighted by molar-refractivity contribution is 0.0599. The first-order valence-corrected chi connectivity index (χ1v) is 9.87. The van der Waals surface area contributed by atoms with Crippen molar-refractivity contribution < 1.29 is 17.9 Å². The standard InChI is InChI=1S/C19H17N3O4S/c1-26-19(23)16-12-22(27(24,25)15-3-2-8-21-11-15)18(17(16)13-4-5-13)14-6-9-20-10-7-14/h2-3,6-13H,4-5H2,1H3. The first kappa shape index (κ1) is 17.4. The summed E-state index contributed by atoms with van der Waals surface area (Å²) < 4.78 is 32.7. The van der Waals surface area contributed by atoms with Crippen LogP contribution in [0.5, 0.6) is 0 Å². The average molecular weight is 383 g/mol. The predicted octanol–water partition coefficient (Wildman–Crippen LogP) is 2.85. The molecule has 3 aromatic rings. The van der Waals surface area contributed by atoms with Crippen molar-refractivity contribution in [2.75, 3.05) is 7.11 Å². The number of aromatic nitrogens is 3. The lowest BCUT2D eigenvalue weighted by atomic mass is 10.0. The fourth-order valence-electron chi connectivity index (χ4n) is 3.15. The van der Waals surface area contributed by atoms with E-state index < -0.39 is 16.0 Å². The number of carbonyl (C=O) groups excluding carboxylic acids is 1. The van der Waals surface area contributed by atoms with E-state index in [9.17, 15) is 13.2 Å². The Bertz CT molecular complexity index is 1090. The highest BCUT2D eigenvalue weighted by Crippen LogP contribution is 2.47. The minimum absolute atomic E-state index is 0.0501. The molecule has 0 radical (unpaired) electrons. The highest BCUT2D eigenvalue weighted by atomic mass is 32.2. The van der Waals surface area contributed by atoms with Gasteiger partial charge in [0.25, 0.3) is 10.0 Å². The Hall–Kier alpha value is -3.00. The predicted molar refractivity (Wildman–Crippen MR) is 97.8 cm³/mol. The molecular weight excluding hydrogens is 366 g/mol. The second-order valence-corrected chi connectivity index (χ2v) is 8.11. The van der Waals surface area contributed by atoms with Crippen LogP contribution in [0, 0.1) is 0 Å². The van der Waals surface area contributed by atoms with Crippen molar-refractivity contribution in [2.45, 2.75) is 23.7 Å². The van der Waals surface area contributed by atoms with Gasteiger partial charge in [0.05, 0.1) is 18.4 Å². The summed E-state index contributed by atoms with van der Waals surface area (Å²) in [6.07, 6.45) is 9.15. The summed E-state index contributed by atoms with van der Waals surface area (Å²) >= 11 is 0. The second-order valence-electron chi connectivity index (χ2n) is 6.30. The minimum Gasteiger partial charge on any atom is -0.465 e. The molecule has 1 aliphatic carbocycles. The Kier molecular flexibility index (Phi) is 4.27. The maximum absolute atomic E-state index is 13.3. The molecule has 0 aromatic carbocycles. The maximum atomic E-state index is 13.3. The van der Waals surface area contributed by atoms with Gasteiger partial charge in [0.1, 0.15) is 4.90 Å². The lowest BCUT2D eigenvalue weighted by Crippen LogP contribution is -2.14. The zero-order chi connectivity index (χ0) is 19.0. The van der Waals surface area contributed by atoms with Gasteiger partial charge in [0.2, 0.25) is 0 Å². The Morgan fingerprint density at radius 3 is 2.48 bits per heavy atom. The molecular formula is C19H17N3O4S. The van der Waals surface area contributed by atoms with Gasteiger partial charge in [-0.1, -0.05) is 0 Å². The largest absolute Gasteiger partial charge is 0.465 e. The van der Waals surface area contributed by atoms with E-state index in [1.807, 2.05) is 0 Å². The first-order chi connectivity index (χ1) is 13.0. The van der Waals surface area contributed by atoms with E-state index in [4.69, 9.17) is 4.74 Å². The molecule has 3 heterocycles. The monoisotopic (exact) mass is 383 g/mol. The molecule has 1 saturated carbocycles. The van der Waals surface area contributed by atoms with E-state index in [1.165, 1.54) is 35.7 Å². The summed E-state index contributed by atoms with van der Waals surface area (Å²) in [6, 6.07) is 6.51. The number of methoxy groups -OCH3 is 1. The van der Waals surface area contributed by atoms with Crippen LogP contribution in [0.4, 0.5) is 0 Å². The third-order valence-corrected chi connectivity index (χ3v) is 6.19. The van der Waals surface area contributed by atoms with E-state index in [0.717, 1.165) is 12.8 Å². The van der Waals surface area contributed by atoms with Crippen molar-refractivity contribution in [1.29, 1.82) is 0 Å². The van der Waals surface area contributed by atoms with Crippen molar-refractivity contribution in [1.82, 2.24) is 13.9 Å². The van der Waals surface area contributed by atoms with Gasteiger partial charge >= 0.3 is 5.97 Å². The molecule has 7 nitrogen and oxygen atoms in total. The maximum Gasteiger partial charge on any atom is 0.339 e. The number of carbonyl (C=O) groups is 1. The normalized spacial score (nSPS) is 14.1. The van der Waals surface area contributed by atoms with Gasteiger partial charge in [0, 0.05) is 36.5 Å². The molecule has 0 unspecified atom stereocenters. The Balaban J connectivity index is 2.03. The van der Waals surface area contributed by atoms with Crippen LogP contribution in [0.1, 0.15) is 34.7 Å². The van der Waals surface area contributed by atoms with Gasteiger partial charge in [0.15, 0.2) is 0 Å². The fraction of sp³-hybridized carbons (Fsp3) is 0.211. The summed E-state index contributed by atoms with van der Waals surface area (Å²) in [5.74, 6) is -0.417. The zero-order valence-corrected chi connectivity index (χ0v) is 15.4. The number of nitrogens with zero attached hydrogens (tertiary/aromatic N) is 3. The third-order valence-electron chi connectivity index (χ3n) is 4.55. The van der Waals surface area contributed by atoms with Gasteiger partial charge in [-0.25, -0.2) is 17.2 Å². The van der Waals surface area contributed by atoms with E-state index in [0.29, 0.717) is 16.8 Å². The van der Waals surface area contributed by atoms with Crippen LogP contribution in [-0.4, -0.2) is 35.4 Å². The van der Waals surface area contributed by atoms with Gasteiger partial charge in [-0.05, 0) is 48.6 Å². The van der Waals surface area contributed by atoms with Crippen LogP contribution < -0.4 is 0 Å². The number of hydrogen-bond acceptors (Lipinski definition) is 6. The van der Waals surface area contributed by atoms with E-state index in [-0.39, 0.29) is 16.4 Å². The first-order valence-electron chi connectivity index (χ1n) is 8.43. The highest BCUT2D eigenvalue weighted by Gasteiger charge is 2.37. The van der Waals surface area contributed by atoms with Crippen molar-refractivity contribution in [2.24, 2.45) is 0 Å². The highest BCUT2D eigenvalue weighted by molar-refractivity contribution is 7.90. The van der Waals surface area contributed by atoms with Crippen molar-refractivity contribution in [3.05, 3.63) is 66.4 Å². The molecule has 0 atom stereocenters. The molecule has 0 saturated heterocycles. The molecule has 1 fully saturated rings. The van der Waals surface area contributed by atoms with Crippen LogP contribution in [0.25, 0.3) is 11.3 Å². The van der Waals surface area contributed by atoms with Gasteiger partial charge < -0.3 is 4.74 Å². The summed E-state index contributed by atoms with van der Waals surface area (Å²) in [6.45, 7) is 0. The molecule has 0 aliphatic heterocycles. The molecule has 27 heavy (non-hydrogen) atoms. The SMILES string of the molecule is COC(=O)c1cn(S(=O)(=O)c2cccnc2)c(-c2ccncc2)c1C1CC1. The number of esters is 1. The fourth-order valence-corrected chi connectivity index (χ4v) is 4.51. The Labute approximate surface area is 156 Å². The van der Waals surface area contributed by atoms with Crippen LogP contribution in [0.15, 0.2) is 60.1 Å². The van der Waals surface area contributed by atoms with Crippen LogP contribution >= 0.6 is 0 Å². The Morgan fingerprint density at radius 1 is 1.15 bits per heavy atom. The van der Waals surface area contributed by atoms with E-state index in [1.54, 1.807) is 30.6 Å². The molecule has 8 heteroatoms. The molecule has 138 valence electrons. The summed E-state index contributed by atoms with van der Waals surface area (Å²) in [5, 5.41) is 0. The third kappa shape index (κ3) is 3.02. The summed E-state index contributed by atoms with van der Waals surface area (Å²) in [5.41, 5.74) is 2.14. The van der Waals surface area contributed by atoms with Crippen LogP contribution in [-0.2, 0) is 14.8 Å². The van der Waals surface area contributed by atoms with E-state index in [2.05, 4.69) is 9.97 Å². The molecule has 4 rings (SSSR count). The molecule has 3 aromatic heterocycles. The van der Waals surface area contributed by atoms with Crippen molar-refractivity contribution in [3.63, 3.8) is 0 Å². The quantitative estimate of drug-likeness (QED) is 0.629. The average Bonchev–Trinajstić information content (AvgIpc) is 3.47. The zero-order valence-electron chi connectivity index (χ0n) is 14.6. The summed E-state index contributed by atoms with van der Waals surface area (Å²) in [7, 11) is -2.65. The molecule has 0 spiro atoms. The lowest BCUT2D eigenvalue weighted by Gasteiger charge is -2.12. The van der Waals surface area contributed by atoms with Crippen LogP contribution in [0.3, 0.4) is 0 Å². The van der Waals surface area contributed by atoms with Gasteiger partial charge in [-0.2, -0.15) is 0 Å². The van der Waals surface area contributed by atoms with Gasteiger partial charge in [-0.15, -0.1) is 0 Å². The number of pyridine rings is 2. The number of rotatable bonds is 5. The number of hydrogen-bond donors (Lipinski definition) is 0. The number of ether oxygens (including phenoxy) is 1.